The Balaban J connectivity index is 2.33. The molecule has 0 radical (unpaired) electrons. The van der Waals surface area contributed by atoms with Crippen molar-refractivity contribution < 1.29 is 4.74 Å². The highest BCUT2D eigenvalue weighted by Gasteiger charge is 1.98. The fourth-order valence-electron chi connectivity index (χ4n) is 1.21. The molecule has 0 atom stereocenters. The van der Waals surface area contributed by atoms with Crippen molar-refractivity contribution in [3.63, 3.8) is 0 Å². The zero-order valence-electron chi connectivity index (χ0n) is 10.2. The van der Waals surface area contributed by atoms with E-state index in [1.54, 1.807) is 6.07 Å². The third kappa shape index (κ3) is 4.93. The average Bonchev–Trinajstić information content (AvgIpc) is 2.25. The Hall–Kier alpha value is -1.36. The maximum atomic E-state index is 5.28. The van der Waals surface area contributed by atoms with Crippen molar-refractivity contribution in [1.82, 2.24) is 15.3 Å². The van der Waals surface area contributed by atoms with Gasteiger partial charge in [0, 0.05) is 25.2 Å². The van der Waals surface area contributed by atoms with Gasteiger partial charge in [-0.1, -0.05) is 13.8 Å². The second-order valence-electron chi connectivity index (χ2n) is 3.71. The van der Waals surface area contributed by atoms with E-state index in [4.69, 9.17) is 4.74 Å². The lowest BCUT2D eigenvalue weighted by molar-refractivity contribution is 0.326. The molecule has 90 valence electrons. The van der Waals surface area contributed by atoms with Crippen LogP contribution in [0, 0.1) is 0 Å². The van der Waals surface area contributed by atoms with Crippen molar-refractivity contribution in [2.24, 2.45) is 0 Å². The van der Waals surface area contributed by atoms with Crippen LogP contribution in [0.15, 0.2) is 12.4 Å². The van der Waals surface area contributed by atoms with Crippen molar-refractivity contribution in [1.29, 1.82) is 0 Å². The number of aromatic nitrogens is 2. The van der Waals surface area contributed by atoms with Gasteiger partial charge in [0.15, 0.2) is 0 Å². The Bertz CT molecular complexity index is 304. The minimum Gasteiger partial charge on any atom is -0.478 e. The molecule has 1 heterocycles. The maximum absolute atomic E-state index is 5.28. The van der Waals surface area contributed by atoms with E-state index in [2.05, 4.69) is 34.4 Å². The maximum Gasteiger partial charge on any atom is 0.218 e. The summed E-state index contributed by atoms with van der Waals surface area (Å²) in [7, 11) is 0. The van der Waals surface area contributed by atoms with Gasteiger partial charge >= 0.3 is 0 Å². The lowest BCUT2D eigenvalue weighted by atomic mass is 10.4. The van der Waals surface area contributed by atoms with E-state index < -0.39 is 0 Å². The zero-order chi connectivity index (χ0) is 11.8. The molecule has 0 aliphatic heterocycles. The topological polar surface area (TPSA) is 59.1 Å². The second-order valence-corrected chi connectivity index (χ2v) is 3.71. The fraction of sp³-hybridized carbons (Fsp3) is 0.636. The Morgan fingerprint density at radius 2 is 2.12 bits per heavy atom. The summed E-state index contributed by atoms with van der Waals surface area (Å²) in [4.78, 5) is 8.10. The number of nitrogens with one attached hydrogen (secondary N) is 2. The van der Waals surface area contributed by atoms with E-state index in [9.17, 15) is 0 Å². The van der Waals surface area contributed by atoms with Gasteiger partial charge in [-0.05, 0) is 6.92 Å². The predicted molar refractivity (Wildman–Crippen MR) is 64.8 cm³/mol. The van der Waals surface area contributed by atoms with Gasteiger partial charge in [0.05, 0.1) is 6.61 Å². The summed E-state index contributed by atoms with van der Waals surface area (Å²) in [6.07, 6.45) is 1.50. The summed E-state index contributed by atoms with van der Waals surface area (Å²) >= 11 is 0. The van der Waals surface area contributed by atoms with Crippen LogP contribution >= 0.6 is 0 Å². The van der Waals surface area contributed by atoms with E-state index >= 15 is 0 Å². The van der Waals surface area contributed by atoms with Gasteiger partial charge < -0.3 is 15.4 Å². The zero-order valence-corrected chi connectivity index (χ0v) is 10.2. The third-order valence-electron chi connectivity index (χ3n) is 1.92. The van der Waals surface area contributed by atoms with Crippen LogP contribution in [0.1, 0.15) is 20.8 Å². The number of ether oxygens (including phenoxy) is 1. The molecular weight excluding hydrogens is 204 g/mol. The molecule has 0 saturated heterocycles. The van der Waals surface area contributed by atoms with Crippen LogP contribution in [-0.2, 0) is 0 Å². The summed E-state index contributed by atoms with van der Waals surface area (Å²) in [6.45, 7) is 8.54. The van der Waals surface area contributed by atoms with Crippen LogP contribution in [0.4, 0.5) is 5.82 Å². The highest BCUT2D eigenvalue weighted by molar-refractivity contribution is 5.36. The quantitative estimate of drug-likeness (QED) is 0.683. The largest absolute Gasteiger partial charge is 0.478 e. The normalized spacial score (nSPS) is 10.5. The molecule has 0 aliphatic carbocycles. The van der Waals surface area contributed by atoms with Crippen LogP contribution in [-0.4, -0.2) is 35.7 Å². The number of anilines is 1. The van der Waals surface area contributed by atoms with Crippen molar-refractivity contribution in [2.45, 2.75) is 26.8 Å². The minimum absolute atomic E-state index is 0.506. The summed E-state index contributed by atoms with van der Waals surface area (Å²) in [6, 6.07) is 2.31. The van der Waals surface area contributed by atoms with Crippen molar-refractivity contribution in [3.05, 3.63) is 12.4 Å². The lowest BCUT2D eigenvalue weighted by Crippen LogP contribution is -2.28. The molecule has 0 unspecified atom stereocenters. The van der Waals surface area contributed by atoms with Gasteiger partial charge in [-0.25, -0.2) is 9.97 Å². The first-order valence-electron chi connectivity index (χ1n) is 5.64. The first-order valence-corrected chi connectivity index (χ1v) is 5.64. The van der Waals surface area contributed by atoms with Gasteiger partial charge in [0.1, 0.15) is 12.1 Å². The smallest absolute Gasteiger partial charge is 0.218 e. The van der Waals surface area contributed by atoms with Gasteiger partial charge in [-0.15, -0.1) is 0 Å². The average molecular weight is 224 g/mol. The molecule has 0 fully saturated rings. The third-order valence-corrected chi connectivity index (χ3v) is 1.92. The predicted octanol–water partition coefficient (Wildman–Crippen LogP) is 1.29. The van der Waals surface area contributed by atoms with E-state index in [-0.39, 0.29) is 0 Å². The summed E-state index contributed by atoms with van der Waals surface area (Å²) < 4.78 is 5.28. The molecule has 0 spiro atoms. The molecule has 0 saturated carbocycles. The standard InChI is InChI=1S/C11H20N4O/c1-4-16-11-7-10(14-8-15-11)13-6-5-12-9(2)3/h7-9,12H,4-6H2,1-3H3,(H,13,14,15). The first-order chi connectivity index (χ1) is 7.72. The van der Waals surface area contributed by atoms with Crippen LogP contribution in [0.3, 0.4) is 0 Å². The molecule has 0 bridgehead atoms. The Kier molecular flexibility index (Phi) is 5.56. The molecule has 16 heavy (non-hydrogen) atoms. The van der Waals surface area contributed by atoms with Gasteiger partial charge in [-0.2, -0.15) is 0 Å². The van der Waals surface area contributed by atoms with Gasteiger partial charge in [0.25, 0.3) is 0 Å². The highest BCUT2D eigenvalue weighted by atomic mass is 16.5. The summed E-state index contributed by atoms with van der Waals surface area (Å²) in [5.74, 6) is 1.40. The second kappa shape index (κ2) is 7.00. The van der Waals surface area contributed by atoms with E-state index in [0.29, 0.717) is 18.5 Å². The molecule has 5 heteroatoms. The molecule has 0 amide bonds. The monoisotopic (exact) mass is 224 g/mol. The SMILES string of the molecule is CCOc1cc(NCCNC(C)C)ncn1. The summed E-state index contributed by atoms with van der Waals surface area (Å²) in [5.41, 5.74) is 0. The van der Waals surface area contributed by atoms with Gasteiger partial charge in [0.2, 0.25) is 5.88 Å². The van der Waals surface area contributed by atoms with Crippen LogP contribution < -0.4 is 15.4 Å². The molecular formula is C11H20N4O. The van der Waals surface area contributed by atoms with Crippen molar-refractivity contribution in [2.75, 3.05) is 25.0 Å². The van der Waals surface area contributed by atoms with Crippen LogP contribution in [0.5, 0.6) is 5.88 Å². The minimum atomic E-state index is 0.506. The first kappa shape index (κ1) is 12.7. The van der Waals surface area contributed by atoms with Crippen LogP contribution in [0.2, 0.25) is 0 Å². The van der Waals surface area contributed by atoms with Crippen LogP contribution in [0.25, 0.3) is 0 Å². The molecule has 5 nitrogen and oxygen atoms in total. The molecule has 0 aromatic carbocycles. The molecule has 0 aliphatic rings. The molecule has 1 rings (SSSR count). The highest BCUT2D eigenvalue weighted by Crippen LogP contribution is 2.09. The number of hydrogen-bond donors (Lipinski definition) is 2. The lowest BCUT2D eigenvalue weighted by Gasteiger charge is -2.09. The van der Waals surface area contributed by atoms with E-state index in [0.717, 1.165) is 18.9 Å². The fourth-order valence-corrected chi connectivity index (χ4v) is 1.21. The number of nitrogens with zero attached hydrogens (tertiary/aromatic N) is 2. The number of hydrogen-bond acceptors (Lipinski definition) is 5. The molecule has 2 N–H and O–H groups in total. The number of rotatable bonds is 7. The van der Waals surface area contributed by atoms with Gasteiger partial charge in [-0.3, -0.25) is 0 Å². The summed E-state index contributed by atoms with van der Waals surface area (Å²) in [5, 5.41) is 6.52. The van der Waals surface area contributed by atoms with Crippen molar-refractivity contribution >= 4 is 5.82 Å². The Morgan fingerprint density at radius 1 is 1.31 bits per heavy atom. The van der Waals surface area contributed by atoms with E-state index in [1.165, 1.54) is 6.33 Å². The van der Waals surface area contributed by atoms with E-state index in [1.807, 2.05) is 6.92 Å². The Morgan fingerprint density at radius 3 is 2.81 bits per heavy atom. The molecule has 1 aromatic rings. The molecule has 1 aromatic heterocycles. The Labute approximate surface area is 96.6 Å². The van der Waals surface area contributed by atoms with Crippen molar-refractivity contribution in [3.8, 4) is 5.88 Å².